The van der Waals surface area contributed by atoms with E-state index >= 15 is 0 Å². The highest BCUT2D eigenvalue weighted by Crippen LogP contribution is 2.33. The van der Waals surface area contributed by atoms with Crippen LogP contribution >= 0.6 is 27.3 Å². The highest BCUT2D eigenvalue weighted by Gasteiger charge is 2.14. The Bertz CT molecular complexity index is 968. The van der Waals surface area contributed by atoms with Crippen LogP contribution in [0.5, 0.6) is 5.75 Å². The second kappa shape index (κ2) is 7.04. The van der Waals surface area contributed by atoms with Crippen molar-refractivity contribution in [3.63, 3.8) is 0 Å². The first-order valence-electron chi connectivity index (χ1n) is 7.27. The summed E-state index contributed by atoms with van der Waals surface area (Å²) >= 11 is 4.89. The molecule has 0 fully saturated rings. The van der Waals surface area contributed by atoms with E-state index in [1.54, 1.807) is 0 Å². The second-order valence-corrected chi connectivity index (χ2v) is 6.83. The Morgan fingerprint density at radius 2 is 2.04 bits per heavy atom. The first-order chi connectivity index (χ1) is 11.6. The van der Waals surface area contributed by atoms with Crippen LogP contribution < -0.4 is 10.3 Å². The zero-order valence-corrected chi connectivity index (χ0v) is 15.2. The number of nitrogens with one attached hydrogen (secondary N) is 1. The van der Waals surface area contributed by atoms with Crippen LogP contribution in [0.2, 0.25) is 0 Å². The summed E-state index contributed by atoms with van der Waals surface area (Å²) in [5.41, 5.74) is 1.90. The van der Waals surface area contributed by atoms with E-state index in [0.717, 1.165) is 20.7 Å². The lowest BCUT2D eigenvalue weighted by molar-refractivity contribution is 0.340. The third-order valence-corrected chi connectivity index (χ3v) is 5.18. The predicted molar refractivity (Wildman–Crippen MR) is 99.4 cm³/mol. The molecular weight excluding hydrogens is 388 g/mol. The van der Waals surface area contributed by atoms with Gasteiger partial charge in [0, 0.05) is 26.0 Å². The first kappa shape index (κ1) is 16.5. The third-order valence-electron chi connectivity index (χ3n) is 3.45. The number of aromatic nitrogens is 1. The number of pyridine rings is 1. The van der Waals surface area contributed by atoms with Crippen molar-refractivity contribution < 1.29 is 4.74 Å². The average Bonchev–Trinajstić information content (AvgIpc) is 3.01. The van der Waals surface area contributed by atoms with E-state index < -0.39 is 0 Å². The number of nitriles is 1. The lowest BCUT2D eigenvalue weighted by atomic mass is 10.0. The largest absolute Gasteiger partial charge is 0.494 e. The number of benzene rings is 1. The topological polar surface area (TPSA) is 65.9 Å². The maximum absolute atomic E-state index is 12.3. The molecule has 0 radical (unpaired) electrons. The van der Waals surface area contributed by atoms with Gasteiger partial charge >= 0.3 is 0 Å². The third kappa shape index (κ3) is 3.28. The van der Waals surface area contributed by atoms with E-state index in [1.165, 1.54) is 11.3 Å². The number of ether oxygens (including phenoxy) is 1. The van der Waals surface area contributed by atoms with Crippen LogP contribution in [0.4, 0.5) is 0 Å². The number of H-pyrrole nitrogens is 1. The zero-order chi connectivity index (χ0) is 17.1. The van der Waals surface area contributed by atoms with Crippen molar-refractivity contribution in [1.82, 2.24) is 4.98 Å². The van der Waals surface area contributed by atoms with Crippen molar-refractivity contribution >= 4 is 27.3 Å². The van der Waals surface area contributed by atoms with Gasteiger partial charge in [0.1, 0.15) is 17.4 Å². The fourth-order valence-electron chi connectivity index (χ4n) is 2.37. The summed E-state index contributed by atoms with van der Waals surface area (Å²) in [7, 11) is 0. The first-order valence-corrected chi connectivity index (χ1v) is 8.94. The number of nitrogens with zero attached hydrogens (tertiary/aromatic N) is 1. The number of hydrogen-bond donors (Lipinski definition) is 1. The van der Waals surface area contributed by atoms with E-state index in [9.17, 15) is 10.1 Å². The summed E-state index contributed by atoms with van der Waals surface area (Å²) in [5.74, 6) is 0.777. The monoisotopic (exact) mass is 400 g/mol. The normalized spacial score (nSPS) is 10.4. The molecule has 0 saturated heterocycles. The van der Waals surface area contributed by atoms with Crippen molar-refractivity contribution in [3.8, 4) is 33.5 Å². The Labute approximate surface area is 151 Å². The van der Waals surface area contributed by atoms with Gasteiger partial charge < -0.3 is 9.72 Å². The van der Waals surface area contributed by atoms with Crippen molar-refractivity contribution in [1.29, 1.82) is 5.26 Å². The molecule has 0 unspecified atom stereocenters. The molecule has 2 heterocycles. The second-order valence-electron chi connectivity index (χ2n) is 5.00. The average molecular weight is 401 g/mol. The van der Waals surface area contributed by atoms with Crippen LogP contribution in [0.15, 0.2) is 51.0 Å². The number of aromatic amines is 1. The lowest BCUT2D eigenvalue weighted by Crippen LogP contribution is -2.12. The van der Waals surface area contributed by atoms with Gasteiger partial charge in [-0.25, -0.2) is 0 Å². The smallest absolute Gasteiger partial charge is 0.267 e. The molecule has 0 aliphatic carbocycles. The SMILES string of the molecule is CCOc1ccc(-c2cc(-c3cc(Br)cs3)c(C#N)c(=O)[nH]2)cc1. The predicted octanol–water partition coefficient (Wildman–Crippen LogP) is 4.80. The van der Waals surface area contributed by atoms with E-state index in [-0.39, 0.29) is 11.1 Å². The summed E-state index contributed by atoms with van der Waals surface area (Å²) in [4.78, 5) is 16.0. The summed E-state index contributed by atoms with van der Waals surface area (Å²) in [6.45, 7) is 2.53. The lowest BCUT2D eigenvalue weighted by Gasteiger charge is -2.08. The molecule has 2 aromatic heterocycles. The van der Waals surface area contributed by atoms with Gasteiger partial charge in [-0.15, -0.1) is 11.3 Å². The van der Waals surface area contributed by atoms with Gasteiger partial charge in [0.15, 0.2) is 0 Å². The zero-order valence-electron chi connectivity index (χ0n) is 12.8. The Morgan fingerprint density at radius 3 is 2.62 bits per heavy atom. The highest BCUT2D eigenvalue weighted by molar-refractivity contribution is 9.10. The van der Waals surface area contributed by atoms with Crippen LogP contribution in [0.1, 0.15) is 12.5 Å². The van der Waals surface area contributed by atoms with Crippen LogP contribution in [-0.4, -0.2) is 11.6 Å². The fourth-order valence-corrected chi connectivity index (χ4v) is 3.82. The van der Waals surface area contributed by atoms with Crippen LogP contribution in [-0.2, 0) is 0 Å². The molecule has 0 spiro atoms. The molecule has 4 nitrogen and oxygen atoms in total. The van der Waals surface area contributed by atoms with Gasteiger partial charge in [-0.05, 0) is 64.8 Å². The van der Waals surface area contributed by atoms with Crippen LogP contribution in [0.3, 0.4) is 0 Å². The van der Waals surface area contributed by atoms with Gasteiger partial charge in [-0.3, -0.25) is 4.79 Å². The van der Waals surface area contributed by atoms with Crippen molar-refractivity contribution in [2.45, 2.75) is 6.92 Å². The Hall–Kier alpha value is -2.36. The molecule has 0 bridgehead atoms. The van der Waals surface area contributed by atoms with Crippen molar-refractivity contribution in [3.05, 3.63) is 62.2 Å². The number of thiophene rings is 1. The van der Waals surface area contributed by atoms with E-state index in [1.807, 2.05) is 54.8 Å². The highest BCUT2D eigenvalue weighted by atomic mass is 79.9. The van der Waals surface area contributed by atoms with Gasteiger partial charge in [0.25, 0.3) is 5.56 Å². The molecular formula is C18H13BrN2O2S. The summed E-state index contributed by atoms with van der Waals surface area (Å²) < 4.78 is 6.36. The van der Waals surface area contributed by atoms with Crippen LogP contribution in [0, 0.1) is 11.3 Å². The minimum Gasteiger partial charge on any atom is -0.494 e. The van der Waals surface area contributed by atoms with Gasteiger partial charge in [0.2, 0.25) is 0 Å². The van der Waals surface area contributed by atoms with Gasteiger partial charge in [0.05, 0.1) is 6.61 Å². The summed E-state index contributed by atoms with van der Waals surface area (Å²) in [6, 6.07) is 13.2. The van der Waals surface area contributed by atoms with Gasteiger partial charge in [-0.1, -0.05) is 0 Å². The fraction of sp³-hybridized carbons (Fsp3) is 0.111. The maximum Gasteiger partial charge on any atom is 0.267 e. The molecule has 3 aromatic rings. The van der Waals surface area contributed by atoms with Crippen molar-refractivity contribution in [2.75, 3.05) is 6.61 Å². The van der Waals surface area contributed by atoms with E-state index in [2.05, 4.69) is 20.9 Å². The molecule has 6 heteroatoms. The van der Waals surface area contributed by atoms with Crippen LogP contribution in [0.25, 0.3) is 21.7 Å². The quantitative estimate of drug-likeness (QED) is 0.683. The number of rotatable bonds is 4. The number of halogens is 1. The Morgan fingerprint density at radius 1 is 1.29 bits per heavy atom. The molecule has 24 heavy (non-hydrogen) atoms. The molecule has 1 N–H and O–H groups in total. The van der Waals surface area contributed by atoms with Crippen molar-refractivity contribution in [2.24, 2.45) is 0 Å². The molecule has 120 valence electrons. The molecule has 3 rings (SSSR count). The van der Waals surface area contributed by atoms with E-state index in [4.69, 9.17) is 4.74 Å². The minimum absolute atomic E-state index is 0.124. The summed E-state index contributed by atoms with van der Waals surface area (Å²) in [6.07, 6.45) is 0. The summed E-state index contributed by atoms with van der Waals surface area (Å²) in [5, 5.41) is 11.3. The minimum atomic E-state index is -0.386. The molecule has 0 aliphatic rings. The van der Waals surface area contributed by atoms with Gasteiger partial charge in [-0.2, -0.15) is 5.26 Å². The Kier molecular flexibility index (Phi) is 4.84. The van der Waals surface area contributed by atoms with E-state index in [0.29, 0.717) is 17.9 Å². The number of hydrogen-bond acceptors (Lipinski definition) is 4. The molecule has 0 atom stereocenters. The standard InChI is InChI=1S/C18H13BrN2O2S/c1-2-23-13-5-3-11(4-6-13)16-8-14(15(9-20)18(22)21-16)17-7-12(19)10-24-17/h3-8,10H,2H2,1H3,(H,21,22). The molecule has 0 saturated carbocycles. The molecule has 0 aliphatic heterocycles. The Balaban J connectivity index is 2.11. The molecule has 0 amide bonds. The maximum atomic E-state index is 12.3. The molecule has 1 aromatic carbocycles.